The predicted molar refractivity (Wildman–Crippen MR) is 111 cm³/mol. The summed E-state index contributed by atoms with van der Waals surface area (Å²) >= 11 is 0. The highest BCUT2D eigenvalue weighted by molar-refractivity contribution is 5.96. The molecule has 1 fully saturated rings. The van der Waals surface area contributed by atoms with E-state index in [-0.39, 0.29) is 6.04 Å². The highest BCUT2D eigenvalue weighted by atomic mass is 16.4. The first-order valence-corrected chi connectivity index (χ1v) is 9.71. The van der Waals surface area contributed by atoms with Gasteiger partial charge in [-0.05, 0) is 47.6 Å². The van der Waals surface area contributed by atoms with Crippen LogP contribution in [0.4, 0.5) is 4.79 Å². The van der Waals surface area contributed by atoms with Crippen LogP contribution in [-0.2, 0) is 6.54 Å². The van der Waals surface area contributed by atoms with Crippen LogP contribution in [0.25, 0.3) is 21.9 Å². The molecule has 0 radical (unpaired) electrons. The lowest BCUT2D eigenvalue weighted by atomic mass is 9.97. The van der Waals surface area contributed by atoms with Gasteiger partial charge in [0.25, 0.3) is 0 Å². The maximum Gasteiger partial charge on any atom is 0.404 e. The molecule has 1 aromatic heterocycles. The van der Waals surface area contributed by atoms with Crippen LogP contribution in [-0.4, -0.2) is 40.2 Å². The van der Waals surface area contributed by atoms with Crippen LogP contribution in [0.2, 0.25) is 0 Å². The fourth-order valence-corrected chi connectivity index (χ4v) is 3.96. The van der Waals surface area contributed by atoms with Gasteiger partial charge in [0.05, 0.1) is 11.6 Å². The summed E-state index contributed by atoms with van der Waals surface area (Å²) in [7, 11) is 0. The van der Waals surface area contributed by atoms with E-state index in [4.69, 9.17) is 5.11 Å². The molecule has 2 N–H and O–H groups in total. The monoisotopic (exact) mass is 386 g/mol. The van der Waals surface area contributed by atoms with Crippen molar-refractivity contribution in [2.24, 2.45) is 0 Å². The molecule has 6 heteroatoms. The Bertz CT molecular complexity index is 1080. The van der Waals surface area contributed by atoms with Gasteiger partial charge in [0.1, 0.15) is 0 Å². The van der Waals surface area contributed by atoms with Gasteiger partial charge >= 0.3 is 6.09 Å². The molecule has 146 valence electrons. The lowest BCUT2D eigenvalue weighted by molar-refractivity contribution is 0.165. The second-order valence-electron chi connectivity index (χ2n) is 7.44. The van der Waals surface area contributed by atoms with E-state index in [1.54, 1.807) is 6.07 Å². The summed E-state index contributed by atoms with van der Waals surface area (Å²) in [6.07, 6.45) is 4.43. The van der Waals surface area contributed by atoms with Crippen molar-refractivity contribution in [3.05, 3.63) is 66.0 Å². The fourth-order valence-electron chi connectivity index (χ4n) is 3.96. The predicted octanol–water partition coefficient (Wildman–Crippen LogP) is 4.01. The van der Waals surface area contributed by atoms with Crippen LogP contribution in [0.5, 0.6) is 0 Å². The van der Waals surface area contributed by atoms with E-state index in [0.717, 1.165) is 54.4 Å². The van der Waals surface area contributed by atoms with Crippen molar-refractivity contribution in [2.75, 3.05) is 13.1 Å². The number of fused-ring (bicyclic) bond motifs is 1. The Morgan fingerprint density at radius 3 is 2.79 bits per heavy atom. The summed E-state index contributed by atoms with van der Waals surface area (Å²) < 4.78 is 0. The molecule has 0 spiro atoms. The second-order valence-corrected chi connectivity index (χ2v) is 7.44. The summed E-state index contributed by atoms with van der Waals surface area (Å²) in [4.78, 5) is 17.5. The van der Waals surface area contributed by atoms with Gasteiger partial charge in [-0.3, -0.25) is 9.88 Å². The number of aromatic nitrogens is 1. The van der Waals surface area contributed by atoms with Crippen LogP contribution >= 0.6 is 0 Å². The Balaban J connectivity index is 1.56. The highest BCUT2D eigenvalue weighted by Crippen LogP contribution is 2.29. The Morgan fingerprint density at radius 1 is 1.21 bits per heavy atom. The van der Waals surface area contributed by atoms with Gasteiger partial charge in [0, 0.05) is 49.0 Å². The number of pyridine rings is 1. The molecule has 1 aliphatic rings. The summed E-state index contributed by atoms with van der Waals surface area (Å²) in [5.41, 5.74) is 3.85. The number of carboxylic acid groups (broad SMARTS) is 1. The first-order valence-electron chi connectivity index (χ1n) is 9.71. The molecule has 2 aromatic carbocycles. The molecule has 0 saturated carbocycles. The van der Waals surface area contributed by atoms with Crippen molar-refractivity contribution in [3.63, 3.8) is 0 Å². The van der Waals surface area contributed by atoms with E-state index in [1.807, 2.05) is 30.6 Å². The molecule has 4 rings (SSSR count). The first-order chi connectivity index (χ1) is 14.1. The molecule has 0 aliphatic carbocycles. The van der Waals surface area contributed by atoms with Gasteiger partial charge in [0.2, 0.25) is 0 Å². The number of nitrogens with one attached hydrogen (secondary N) is 1. The molecule has 2 heterocycles. The van der Waals surface area contributed by atoms with Crippen molar-refractivity contribution in [1.29, 1.82) is 5.26 Å². The third-order valence-electron chi connectivity index (χ3n) is 5.45. The van der Waals surface area contributed by atoms with E-state index in [1.165, 1.54) is 5.56 Å². The van der Waals surface area contributed by atoms with E-state index in [2.05, 4.69) is 39.5 Å². The molecular weight excluding hydrogens is 364 g/mol. The van der Waals surface area contributed by atoms with Gasteiger partial charge in [-0.1, -0.05) is 24.3 Å². The molecule has 1 aliphatic heterocycles. The number of benzene rings is 2. The van der Waals surface area contributed by atoms with Gasteiger partial charge < -0.3 is 10.4 Å². The molecule has 1 amide bonds. The second kappa shape index (κ2) is 8.29. The molecule has 1 saturated heterocycles. The zero-order valence-corrected chi connectivity index (χ0v) is 16.0. The molecule has 6 nitrogen and oxygen atoms in total. The largest absolute Gasteiger partial charge is 0.465 e. The third kappa shape index (κ3) is 4.36. The Labute approximate surface area is 169 Å². The normalized spacial score (nSPS) is 15.1. The topological polar surface area (TPSA) is 89.3 Å². The van der Waals surface area contributed by atoms with Crippen LogP contribution < -0.4 is 5.32 Å². The standard InChI is InChI=1S/C23H22N4O2/c24-12-16-2-1-3-18(10-16)22-14-25-13-19-5-4-17(11-21(19)22)15-27-8-6-20(7-9-27)26-23(28)29/h1-5,10-11,13-14,20,26H,6-9,15H2,(H,28,29). The van der Waals surface area contributed by atoms with Gasteiger partial charge in [-0.25, -0.2) is 4.79 Å². The SMILES string of the molecule is N#Cc1cccc(-c2cncc3ccc(CN4CCC(NC(=O)O)CC4)cc23)c1. The lowest BCUT2D eigenvalue weighted by Gasteiger charge is -2.31. The van der Waals surface area contributed by atoms with Crippen LogP contribution in [0.1, 0.15) is 24.0 Å². The molecule has 29 heavy (non-hydrogen) atoms. The van der Waals surface area contributed by atoms with Gasteiger partial charge in [-0.2, -0.15) is 5.26 Å². The minimum Gasteiger partial charge on any atom is -0.465 e. The Morgan fingerprint density at radius 2 is 2.03 bits per heavy atom. The summed E-state index contributed by atoms with van der Waals surface area (Å²) in [6.45, 7) is 2.57. The van der Waals surface area contributed by atoms with Crippen molar-refractivity contribution in [1.82, 2.24) is 15.2 Å². The van der Waals surface area contributed by atoms with Gasteiger partial charge in [-0.15, -0.1) is 0 Å². The van der Waals surface area contributed by atoms with E-state index in [0.29, 0.717) is 5.56 Å². The summed E-state index contributed by atoms with van der Waals surface area (Å²) in [5, 5.41) is 22.9. The maximum atomic E-state index is 10.8. The molecule has 0 bridgehead atoms. The van der Waals surface area contributed by atoms with Crippen molar-refractivity contribution < 1.29 is 9.90 Å². The van der Waals surface area contributed by atoms with E-state index < -0.39 is 6.09 Å². The molecule has 0 atom stereocenters. The van der Waals surface area contributed by atoms with Crippen molar-refractivity contribution in [3.8, 4) is 17.2 Å². The number of carbonyl (C=O) groups is 1. The highest BCUT2D eigenvalue weighted by Gasteiger charge is 2.20. The van der Waals surface area contributed by atoms with Crippen molar-refractivity contribution in [2.45, 2.75) is 25.4 Å². The third-order valence-corrected chi connectivity index (χ3v) is 5.45. The average molecular weight is 386 g/mol. The van der Waals surface area contributed by atoms with Gasteiger partial charge in [0.15, 0.2) is 0 Å². The average Bonchev–Trinajstić information content (AvgIpc) is 2.74. The minimum absolute atomic E-state index is 0.0467. The number of nitrogens with zero attached hydrogens (tertiary/aromatic N) is 3. The fraction of sp³-hybridized carbons (Fsp3) is 0.261. The number of hydrogen-bond acceptors (Lipinski definition) is 4. The molecule has 3 aromatic rings. The first kappa shape index (κ1) is 18.9. The number of hydrogen-bond donors (Lipinski definition) is 2. The quantitative estimate of drug-likeness (QED) is 0.707. The van der Waals surface area contributed by atoms with E-state index >= 15 is 0 Å². The van der Waals surface area contributed by atoms with Crippen LogP contribution in [0.15, 0.2) is 54.9 Å². The number of likely N-dealkylation sites (tertiary alicyclic amines) is 1. The number of piperidine rings is 1. The van der Waals surface area contributed by atoms with Crippen LogP contribution in [0, 0.1) is 11.3 Å². The summed E-state index contributed by atoms with van der Waals surface area (Å²) in [6, 6.07) is 16.3. The molecule has 0 unspecified atom stereocenters. The number of nitriles is 1. The Kier molecular flexibility index (Phi) is 5.41. The zero-order chi connectivity index (χ0) is 20.2. The van der Waals surface area contributed by atoms with Crippen LogP contribution in [0.3, 0.4) is 0 Å². The minimum atomic E-state index is -0.945. The van der Waals surface area contributed by atoms with E-state index in [9.17, 15) is 10.1 Å². The van der Waals surface area contributed by atoms with Crippen molar-refractivity contribution >= 4 is 16.9 Å². The molecular formula is C23H22N4O2. The number of rotatable bonds is 4. The zero-order valence-electron chi connectivity index (χ0n) is 16.0. The lowest BCUT2D eigenvalue weighted by Crippen LogP contribution is -2.43. The summed E-state index contributed by atoms with van der Waals surface area (Å²) in [5.74, 6) is 0. The maximum absolute atomic E-state index is 10.8. The number of amides is 1. The Hall–Kier alpha value is -3.43. The smallest absolute Gasteiger partial charge is 0.404 e.